The maximum absolute atomic E-state index is 10.6. The van der Waals surface area contributed by atoms with E-state index in [1.807, 2.05) is 0 Å². The van der Waals surface area contributed by atoms with Gasteiger partial charge in [0.25, 0.3) is 9.24 Å². The van der Waals surface area contributed by atoms with Crippen molar-refractivity contribution in [1.82, 2.24) is 4.72 Å². The summed E-state index contributed by atoms with van der Waals surface area (Å²) in [5, 5.41) is 0. The van der Waals surface area contributed by atoms with Crippen molar-refractivity contribution in [2.45, 2.75) is 39.0 Å². The zero-order chi connectivity index (χ0) is 10.6. The van der Waals surface area contributed by atoms with Crippen molar-refractivity contribution in [3.8, 4) is 0 Å². The number of hydrogen-bond acceptors (Lipinski definition) is 2. The van der Waals surface area contributed by atoms with Gasteiger partial charge in [0.05, 0.1) is 0 Å². The molecule has 0 radical (unpaired) electrons. The molecule has 0 aromatic carbocycles. The Bertz CT molecular complexity index is 258. The SMILES string of the molecule is CCC1CCC(CNS(=O)(=O)Cl)CC1. The average molecular weight is 240 g/mol. The molecule has 5 heteroatoms. The molecule has 3 nitrogen and oxygen atoms in total. The molecular weight excluding hydrogens is 222 g/mol. The van der Waals surface area contributed by atoms with Crippen molar-refractivity contribution in [3.05, 3.63) is 0 Å². The van der Waals surface area contributed by atoms with Gasteiger partial charge in [0.15, 0.2) is 0 Å². The minimum Gasteiger partial charge on any atom is -0.202 e. The molecule has 0 atom stereocenters. The fourth-order valence-electron chi connectivity index (χ4n) is 2.06. The lowest BCUT2D eigenvalue weighted by Crippen LogP contribution is -2.28. The van der Waals surface area contributed by atoms with Gasteiger partial charge in [-0.1, -0.05) is 26.2 Å². The molecule has 1 saturated carbocycles. The van der Waals surface area contributed by atoms with Gasteiger partial charge in [-0.15, -0.1) is 0 Å². The van der Waals surface area contributed by atoms with Gasteiger partial charge in [0.1, 0.15) is 0 Å². The lowest BCUT2D eigenvalue weighted by Gasteiger charge is -2.27. The quantitative estimate of drug-likeness (QED) is 0.765. The molecule has 0 bridgehead atoms. The van der Waals surface area contributed by atoms with Crippen molar-refractivity contribution in [2.24, 2.45) is 11.8 Å². The Kier molecular flexibility index (Phi) is 4.67. The van der Waals surface area contributed by atoms with Gasteiger partial charge in [-0.05, 0) is 24.7 Å². The largest absolute Gasteiger partial charge is 0.297 e. The molecule has 1 aliphatic carbocycles. The summed E-state index contributed by atoms with van der Waals surface area (Å²) in [6.45, 7) is 2.72. The van der Waals surface area contributed by atoms with E-state index in [2.05, 4.69) is 11.6 Å². The highest BCUT2D eigenvalue weighted by Gasteiger charge is 2.20. The Morgan fingerprint density at radius 2 is 1.71 bits per heavy atom. The summed E-state index contributed by atoms with van der Waals surface area (Å²) in [7, 11) is 1.55. The molecular formula is C9H18ClNO2S. The van der Waals surface area contributed by atoms with Crippen molar-refractivity contribution < 1.29 is 8.42 Å². The predicted octanol–water partition coefficient (Wildman–Crippen LogP) is 2.28. The Morgan fingerprint density at radius 3 is 2.14 bits per heavy atom. The van der Waals surface area contributed by atoms with Crippen molar-refractivity contribution in [2.75, 3.05) is 6.54 Å². The van der Waals surface area contributed by atoms with Crippen LogP contribution in [0.25, 0.3) is 0 Å². The summed E-state index contributed by atoms with van der Waals surface area (Å²) < 4.78 is 23.7. The lowest BCUT2D eigenvalue weighted by molar-refractivity contribution is 0.270. The summed E-state index contributed by atoms with van der Waals surface area (Å²) in [5.41, 5.74) is 0. The van der Waals surface area contributed by atoms with Crippen molar-refractivity contribution >= 4 is 19.9 Å². The van der Waals surface area contributed by atoms with Crippen LogP contribution < -0.4 is 4.72 Å². The van der Waals surface area contributed by atoms with Gasteiger partial charge < -0.3 is 0 Å². The lowest BCUT2D eigenvalue weighted by atomic mass is 9.81. The van der Waals surface area contributed by atoms with Crippen LogP contribution in [0.3, 0.4) is 0 Å². The average Bonchev–Trinajstić information content (AvgIpc) is 2.14. The predicted molar refractivity (Wildman–Crippen MR) is 58.5 cm³/mol. The second kappa shape index (κ2) is 5.33. The summed E-state index contributed by atoms with van der Waals surface area (Å²) >= 11 is 0. The number of nitrogens with one attached hydrogen (secondary N) is 1. The van der Waals surface area contributed by atoms with Gasteiger partial charge in [0, 0.05) is 17.2 Å². The molecule has 0 aliphatic heterocycles. The first-order valence-electron chi connectivity index (χ1n) is 5.20. The molecule has 0 heterocycles. The minimum absolute atomic E-state index is 0.478. The van der Waals surface area contributed by atoms with Crippen LogP contribution in [-0.4, -0.2) is 15.0 Å². The minimum atomic E-state index is -3.52. The smallest absolute Gasteiger partial charge is 0.202 e. The topological polar surface area (TPSA) is 46.2 Å². The van der Waals surface area contributed by atoms with E-state index in [4.69, 9.17) is 10.7 Å². The van der Waals surface area contributed by atoms with Crippen LogP contribution in [0.5, 0.6) is 0 Å². The standard InChI is InChI=1S/C9H18ClNO2S/c1-2-8-3-5-9(6-4-8)7-11-14(10,12)13/h8-9,11H,2-7H2,1H3. The third kappa shape index (κ3) is 4.62. The zero-order valence-electron chi connectivity index (χ0n) is 8.50. The Balaban J connectivity index is 2.23. The molecule has 14 heavy (non-hydrogen) atoms. The molecule has 0 aromatic heterocycles. The van der Waals surface area contributed by atoms with Gasteiger partial charge in [-0.2, -0.15) is 8.42 Å². The fourth-order valence-corrected chi connectivity index (χ4v) is 2.69. The van der Waals surface area contributed by atoms with E-state index in [1.165, 1.54) is 19.3 Å². The zero-order valence-corrected chi connectivity index (χ0v) is 10.1. The van der Waals surface area contributed by atoms with Crippen LogP contribution in [0.15, 0.2) is 0 Å². The van der Waals surface area contributed by atoms with E-state index >= 15 is 0 Å². The second-order valence-corrected chi connectivity index (χ2v) is 6.46. The van der Waals surface area contributed by atoms with Crippen LogP contribution in [0.1, 0.15) is 39.0 Å². The summed E-state index contributed by atoms with van der Waals surface area (Å²) in [5.74, 6) is 1.32. The first kappa shape index (κ1) is 12.3. The Morgan fingerprint density at radius 1 is 1.21 bits per heavy atom. The van der Waals surface area contributed by atoms with E-state index in [0.717, 1.165) is 18.8 Å². The van der Waals surface area contributed by atoms with Crippen molar-refractivity contribution in [1.29, 1.82) is 0 Å². The highest BCUT2D eigenvalue weighted by molar-refractivity contribution is 8.12. The maximum Gasteiger partial charge on any atom is 0.297 e. The van der Waals surface area contributed by atoms with Crippen LogP contribution >= 0.6 is 10.7 Å². The van der Waals surface area contributed by atoms with Gasteiger partial charge in [-0.3, -0.25) is 0 Å². The monoisotopic (exact) mass is 239 g/mol. The van der Waals surface area contributed by atoms with Crippen LogP contribution in [-0.2, 0) is 9.24 Å². The normalized spacial score (nSPS) is 29.0. The van der Waals surface area contributed by atoms with Gasteiger partial charge in [-0.25, -0.2) is 4.72 Å². The molecule has 84 valence electrons. The van der Waals surface area contributed by atoms with Gasteiger partial charge in [0.2, 0.25) is 0 Å². The second-order valence-electron chi connectivity index (χ2n) is 4.08. The first-order chi connectivity index (χ1) is 6.51. The number of rotatable bonds is 4. The van der Waals surface area contributed by atoms with Crippen molar-refractivity contribution in [3.63, 3.8) is 0 Å². The summed E-state index contributed by atoms with van der Waals surface area (Å²) in [4.78, 5) is 0. The molecule has 1 rings (SSSR count). The third-order valence-electron chi connectivity index (χ3n) is 3.09. The summed E-state index contributed by atoms with van der Waals surface area (Å²) in [6, 6.07) is 0. The first-order valence-corrected chi connectivity index (χ1v) is 7.51. The van der Waals surface area contributed by atoms with E-state index in [1.54, 1.807) is 0 Å². The maximum atomic E-state index is 10.6. The van der Waals surface area contributed by atoms with Gasteiger partial charge >= 0.3 is 0 Å². The Labute approximate surface area is 90.8 Å². The highest BCUT2D eigenvalue weighted by Crippen LogP contribution is 2.30. The van der Waals surface area contributed by atoms with E-state index in [0.29, 0.717) is 12.5 Å². The molecule has 1 fully saturated rings. The van der Waals surface area contributed by atoms with E-state index in [-0.39, 0.29) is 0 Å². The van der Waals surface area contributed by atoms with Crippen LogP contribution in [0.2, 0.25) is 0 Å². The molecule has 0 saturated heterocycles. The number of halogens is 1. The molecule has 1 aliphatic rings. The van der Waals surface area contributed by atoms with E-state index in [9.17, 15) is 8.42 Å². The number of hydrogen-bond donors (Lipinski definition) is 1. The molecule has 1 N–H and O–H groups in total. The molecule has 0 aromatic rings. The molecule has 0 spiro atoms. The fraction of sp³-hybridized carbons (Fsp3) is 1.00. The summed E-state index contributed by atoms with van der Waals surface area (Å²) in [6.07, 6.45) is 5.94. The molecule has 0 unspecified atom stereocenters. The molecule has 0 amide bonds. The highest BCUT2D eigenvalue weighted by atomic mass is 35.7. The van der Waals surface area contributed by atoms with Crippen LogP contribution in [0.4, 0.5) is 0 Å². The van der Waals surface area contributed by atoms with E-state index < -0.39 is 9.24 Å². The Hall–Kier alpha value is 0.200. The van der Waals surface area contributed by atoms with Crippen LogP contribution in [0, 0.1) is 11.8 Å². The third-order valence-corrected chi connectivity index (χ3v) is 3.93.